The number of carbonyl (C=O) groups is 2. The average Bonchev–Trinajstić information content (AvgIpc) is 2.48. The fourth-order valence-corrected chi connectivity index (χ4v) is 3.96. The van der Waals surface area contributed by atoms with Gasteiger partial charge in [-0.15, -0.1) is 0 Å². The van der Waals surface area contributed by atoms with Gasteiger partial charge in [0.25, 0.3) is 0 Å². The molecule has 2 N–H and O–H groups in total. The Morgan fingerprint density at radius 2 is 1.95 bits per heavy atom. The van der Waals surface area contributed by atoms with E-state index in [0.717, 1.165) is 25.4 Å². The maximum atomic E-state index is 12.2. The lowest BCUT2D eigenvalue weighted by Gasteiger charge is -2.35. The number of hydrogen-bond acceptors (Lipinski definition) is 4. The number of urea groups is 1. The molecule has 2 aliphatic heterocycles. The Morgan fingerprint density at radius 3 is 2.67 bits per heavy atom. The molecule has 2 saturated heterocycles. The van der Waals surface area contributed by atoms with Crippen LogP contribution in [0.3, 0.4) is 0 Å². The number of carboxylic acid groups (broad SMARTS) is 1. The van der Waals surface area contributed by atoms with Crippen LogP contribution in [-0.4, -0.2) is 77.2 Å². The molecule has 7 heteroatoms. The lowest BCUT2D eigenvalue weighted by atomic mass is 10.1. The monoisotopic (exact) mass is 315 g/mol. The van der Waals surface area contributed by atoms with Crippen LogP contribution in [-0.2, 0) is 4.79 Å². The van der Waals surface area contributed by atoms with Crippen LogP contribution in [0.15, 0.2) is 0 Å². The highest BCUT2D eigenvalue weighted by atomic mass is 32.2. The molecule has 1 unspecified atom stereocenters. The van der Waals surface area contributed by atoms with Crippen LogP contribution in [0.1, 0.15) is 25.7 Å². The quantitative estimate of drug-likeness (QED) is 0.794. The molecule has 2 fully saturated rings. The molecule has 2 aliphatic rings. The molecule has 0 aromatic rings. The van der Waals surface area contributed by atoms with Crippen molar-refractivity contribution in [2.75, 3.05) is 44.2 Å². The van der Waals surface area contributed by atoms with Gasteiger partial charge in [-0.1, -0.05) is 6.42 Å². The van der Waals surface area contributed by atoms with Crippen molar-refractivity contribution in [2.24, 2.45) is 0 Å². The largest absolute Gasteiger partial charge is 0.481 e. The van der Waals surface area contributed by atoms with Crippen LogP contribution < -0.4 is 5.32 Å². The molecule has 0 saturated carbocycles. The van der Waals surface area contributed by atoms with Crippen LogP contribution in [0, 0.1) is 0 Å². The zero-order valence-corrected chi connectivity index (χ0v) is 13.2. The topological polar surface area (TPSA) is 72.9 Å². The maximum Gasteiger partial charge on any atom is 0.317 e. The first kappa shape index (κ1) is 16.4. The second-order valence-electron chi connectivity index (χ2n) is 5.65. The van der Waals surface area contributed by atoms with E-state index >= 15 is 0 Å². The number of nitrogens with one attached hydrogen (secondary N) is 1. The van der Waals surface area contributed by atoms with Crippen molar-refractivity contribution in [3.8, 4) is 0 Å². The summed E-state index contributed by atoms with van der Waals surface area (Å²) in [5, 5.41) is 11.9. The van der Waals surface area contributed by atoms with Gasteiger partial charge in [-0.05, 0) is 25.9 Å². The van der Waals surface area contributed by atoms with Gasteiger partial charge in [0.15, 0.2) is 0 Å². The molecule has 1 atom stereocenters. The first-order chi connectivity index (χ1) is 10.2. The number of piperidine rings is 1. The molecular formula is C14H25N3O3S. The normalized spacial score (nSPS) is 23.8. The number of thioether (sulfide) groups is 1. The summed E-state index contributed by atoms with van der Waals surface area (Å²) in [4.78, 5) is 27.2. The highest BCUT2D eigenvalue weighted by Crippen LogP contribution is 2.19. The van der Waals surface area contributed by atoms with Crippen molar-refractivity contribution in [3.05, 3.63) is 0 Å². The third kappa shape index (κ3) is 5.39. The van der Waals surface area contributed by atoms with Crippen LogP contribution in [0.4, 0.5) is 4.79 Å². The molecule has 120 valence electrons. The Balaban J connectivity index is 1.73. The Hall–Kier alpha value is -0.950. The molecule has 0 aromatic heterocycles. The summed E-state index contributed by atoms with van der Waals surface area (Å²) in [6.07, 6.45) is 3.84. The molecule has 0 radical (unpaired) electrons. The van der Waals surface area contributed by atoms with Crippen LogP contribution in [0.25, 0.3) is 0 Å². The van der Waals surface area contributed by atoms with Crippen molar-refractivity contribution < 1.29 is 14.7 Å². The van der Waals surface area contributed by atoms with Crippen molar-refractivity contribution in [1.29, 1.82) is 0 Å². The van der Waals surface area contributed by atoms with E-state index in [1.165, 1.54) is 19.3 Å². The van der Waals surface area contributed by atoms with E-state index in [2.05, 4.69) is 10.2 Å². The highest BCUT2D eigenvalue weighted by Gasteiger charge is 2.28. The molecule has 6 nitrogen and oxygen atoms in total. The summed E-state index contributed by atoms with van der Waals surface area (Å²) in [6.45, 7) is 4.41. The average molecular weight is 315 g/mol. The van der Waals surface area contributed by atoms with Gasteiger partial charge in [0.05, 0.1) is 12.5 Å². The third-order valence-electron chi connectivity index (χ3n) is 4.05. The lowest BCUT2D eigenvalue weighted by molar-refractivity contribution is -0.137. The zero-order chi connectivity index (χ0) is 15.1. The molecule has 0 aliphatic carbocycles. The second kappa shape index (κ2) is 8.48. The minimum atomic E-state index is -0.839. The minimum Gasteiger partial charge on any atom is -0.481 e. The number of nitrogens with zero attached hydrogens (tertiary/aromatic N) is 2. The van der Waals surface area contributed by atoms with Gasteiger partial charge in [-0.25, -0.2) is 4.79 Å². The molecule has 2 rings (SSSR count). The fourth-order valence-electron chi connectivity index (χ4n) is 2.90. The second-order valence-corrected chi connectivity index (χ2v) is 6.80. The van der Waals surface area contributed by atoms with Crippen molar-refractivity contribution in [3.63, 3.8) is 0 Å². The molecule has 0 aromatic carbocycles. The van der Waals surface area contributed by atoms with Crippen LogP contribution in [0.2, 0.25) is 0 Å². The molecule has 0 bridgehead atoms. The van der Waals surface area contributed by atoms with Crippen molar-refractivity contribution >= 4 is 23.8 Å². The lowest BCUT2D eigenvalue weighted by Crippen LogP contribution is -2.52. The number of hydrogen-bond donors (Lipinski definition) is 2. The number of likely N-dealkylation sites (tertiary alicyclic amines) is 1. The van der Waals surface area contributed by atoms with Gasteiger partial charge in [-0.2, -0.15) is 11.8 Å². The molecule has 2 heterocycles. The molecular weight excluding hydrogens is 290 g/mol. The predicted octanol–water partition coefficient (Wildman–Crippen LogP) is 1.07. The minimum absolute atomic E-state index is 0.0343. The van der Waals surface area contributed by atoms with Crippen LogP contribution >= 0.6 is 11.8 Å². The summed E-state index contributed by atoms with van der Waals surface area (Å²) >= 11 is 1.72. The van der Waals surface area contributed by atoms with E-state index in [9.17, 15) is 9.59 Å². The third-order valence-corrected chi connectivity index (χ3v) is 5.14. The summed E-state index contributed by atoms with van der Waals surface area (Å²) < 4.78 is 0. The zero-order valence-electron chi connectivity index (χ0n) is 12.4. The van der Waals surface area contributed by atoms with Gasteiger partial charge in [0.2, 0.25) is 0 Å². The van der Waals surface area contributed by atoms with E-state index in [1.54, 1.807) is 16.7 Å². The Labute approximate surface area is 130 Å². The predicted molar refractivity (Wildman–Crippen MR) is 83.8 cm³/mol. The Morgan fingerprint density at radius 1 is 1.19 bits per heavy atom. The summed E-state index contributed by atoms with van der Waals surface area (Å²) in [6, 6.07) is -0.296. The van der Waals surface area contributed by atoms with Gasteiger partial charge in [-0.3, -0.25) is 4.79 Å². The molecule has 21 heavy (non-hydrogen) atoms. The SMILES string of the molecule is O=C(O)CC1CSCCN1C(=O)NCCN1CCCCC1. The van der Waals surface area contributed by atoms with Crippen molar-refractivity contribution in [1.82, 2.24) is 15.1 Å². The number of carboxylic acids is 1. The van der Waals surface area contributed by atoms with E-state index < -0.39 is 5.97 Å². The molecule has 2 amide bonds. The summed E-state index contributed by atoms with van der Waals surface area (Å²) in [7, 11) is 0. The van der Waals surface area contributed by atoms with Gasteiger partial charge < -0.3 is 20.2 Å². The van der Waals surface area contributed by atoms with E-state index in [0.29, 0.717) is 18.8 Å². The first-order valence-electron chi connectivity index (χ1n) is 7.73. The van der Waals surface area contributed by atoms with E-state index in [-0.39, 0.29) is 18.5 Å². The standard InChI is InChI=1S/C14H25N3O3S/c18-13(19)10-12-11-21-9-8-17(12)14(20)15-4-7-16-5-2-1-3-6-16/h12H,1-11H2,(H,15,20)(H,18,19). The summed E-state index contributed by atoms with van der Waals surface area (Å²) in [5.41, 5.74) is 0. The smallest absolute Gasteiger partial charge is 0.317 e. The first-order valence-corrected chi connectivity index (χ1v) is 8.88. The van der Waals surface area contributed by atoms with Crippen LogP contribution in [0.5, 0.6) is 0 Å². The van der Waals surface area contributed by atoms with Gasteiger partial charge in [0, 0.05) is 31.1 Å². The number of amides is 2. The number of rotatable bonds is 5. The molecule has 0 spiro atoms. The number of carbonyl (C=O) groups excluding carboxylic acids is 1. The fraction of sp³-hybridized carbons (Fsp3) is 0.857. The Bertz CT molecular complexity index is 361. The van der Waals surface area contributed by atoms with E-state index in [4.69, 9.17) is 5.11 Å². The Kier molecular flexibility index (Phi) is 6.63. The van der Waals surface area contributed by atoms with Gasteiger partial charge >= 0.3 is 12.0 Å². The highest BCUT2D eigenvalue weighted by molar-refractivity contribution is 7.99. The summed E-state index contributed by atoms with van der Waals surface area (Å²) in [5.74, 6) is 0.759. The van der Waals surface area contributed by atoms with Gasteiger partial charge in [0.1, 0.15) is 0 Å². The van der Waals surface area contributed by atoms with E-state index in [1.807, 2.05) is 0 Å². The van der Waals surface area contributed by atoms with Crippen molar-refractivity contribution in [2.45, 2.75) is 31.7 Å². The maximum absolute atomic E-state index is 12.2. The number of aliphatic carboxylic acids is 1.